The van der Waals surface area contributed by atoms with Crippen molar-refractivity contribution in [2.75, 3.05) is 19.6 Å². The van der Waals surface area contributed by atoms with E-state index in [0.29, 0.717) is 18.2 Å². The molecule has 0 bridgehead atoms. The topological polar surface area (TPSA) is 32.8 Å². The first kappa shape index (κ1) is 19.8. The average Bonchev–Trinajstić information content (AvgIpc) is 3.53. The monoisotopic (exact) mass is 404 g/mol. The van der Waals surface area contributed by atoms with Crippen LogP contribution in [-0.2, 0) is 6.42 Å². The van der Waals surface area contributed by atoms with Crippen molar-refractivity contribution in [2.45, 2.75) is 37.7 Å². The fourth-order valence-electron chi connectivity index (χ4n) is 3.94. The Hall–Kier alpha value is -2.54. The van der Waals surface area contributed by atoms with Crippen molar-refractivity contribution in [3.8, 4) is 5.75 Å². The van der Waals surface area contributed by atoms with E-state index in [9.17, 15) is 18.0 Å². The normalized spacial score (nSPS) is 20.5. The molecule has 4 rings (SSSR count). The third-order valence-electron chi connectivity index (χ3n) is 5.49. The lowest BCUT2D eigenvalue weighted by atomic mass is 10.0. The predicted octanol–water partition coefficient (Wildman–Crippen LogP) is 4.12. The van der Waals surface area contributed by atoms with E-state index in [1.165, 1.54) is 42.7 Å². The molecule has 4 nitrogen and oxygen atoms in total. The van der Waals surface area contributed by atoms with E-state index in [4.69, 9.17) is 0 Å². The summed E-state index contributed by atoms with van der Waals surface area (Å²) in [7, 11) is 0. The minimum absolute atomic E-state index is 0.0327. The van der Waals surface area contributed by atoms with Crippen molar-refractivity contribution in [3.05, 3.63) is 65.7 Å². The van der Waals surface area contributed by atoms with E-state index in [1.54, 1.807) is 0 Å². The molecule has 1 saturated carbocycles. The molecule has 1 unspecified atom stereocenters. The second-order valence-electron chi connectivity index (χ2n) is 7.64. The molecule has 2 aliphatic rings. The number of amides is 1. The summed E-state index contributed by atoms with van der Waals surface area (Å²) in [5, 5.41) is 0. The molecule has 1 saturated heterocycles. The van der Waals surface area contributed by atoms with Gasteiger partial charge < -0.3 is 9.64 Å². The van der Waals surface area contributed by atoms with Gasteiger partial charge in [0.05, 0.1) is 0 Å². The standard InChI is InChI=1S/C22H23F3N2O2/c23-22(24,25)29-20-10-6-17(7-11-20)21(28)27-13-12-26(18-8-9-18)15-19(27)14-16-4-2-1-3-5-16/h1-7,10-11,18-19H,8-9,12-15H2. The van der Waals surface area contributed by atoms with E-state index in [0.717, 1.165) is 19.5 Å². The minimum Gasteiger partial charge on any atom is -0.406 e. The Morgan fingerprint density at radius 1 is 1.00 bits per heavy atom. The van der Waals surface area contributed by atoms with E-state index in [1.807, 2.05) is 23.1 Å². The summed E-state index contributed by atoms with van der Waals surface area (Å²) in [6.07, 6.45) is -1.56. The summed E-state index contributed by atoms with van der Waals surface area (Å²) in [5.41, 5.74) is 1.54. The smallest absolute Gasteiger partial charge is 0.406 e. The predicted molar refractivity (Wildman–Crippen MR) is 103 cm³/mol. The van der Waals surface area contributed by atoms with Crippen LogP contribution in [0.4, 0.5) is 13.2 Å². The van der Waals surface area contributed by atoms with Crippen LogP contribution in [0.3, 0.4) is 0 Å². The van der Waals surface area contributed by atoms with Crippen molar-refractivity contribution in [1.29, 1.82) is 0 Å². The van der Waals surface area contributed by atoms with Crippen molar-refractivity contribution in [3.63, 3.8) is 0 Å². The molecule has 0 aromatic heterocycles. The van der Waals surface area contributed by atoms with Gasteiger partial charge >= 0.3 is 6.36 Å². The zero-order chi connectivity index (χ0) is 20.4. The van der Waals surface area contributed by atoms with Gasteiger partial charge in [-0.1, -0.05) is 30.3 Å². The number of ether oxygens (including phenoxy) is 1. The molecule has 0 N–H and O–H groups in total. The van der Waals surface area contributed by atoms with Crippen LogP contribution in [0.25, 0.3) is 0 Å². The van der Waals surface area contributed by atoms with Crippen LogP contribution in [-0.4, -0.2) is 53.8 Å². The van der Waals surface area contributed by atoms with Crippen molar-refractivity contribution in [2.24, 2.45) is 0 Å². The Morgan fingerprint density at radius 2 is 1.69 bits per heavy atom. The molecule has 1 amide bonds. The summed E-state index contributed by atoms with van der Waals surface area (Å²) in [6.45, 7) is 2.27. The van der Waals surface area contributed by atoms with Crippen LogP contribution < -0.4 is 4.74 Å². The Morgan fingerprint density at radius 3 is 2.31 bits per heavy atom. The Balaban J connectivity index is 1.50. The fraction of sp³-hybridized carbons (Fsp3) is 0.409. The van der Waals surface area contributed by atoms with Gasteiger partial charge in [0.15, 0.2) is 0 Å². The first-order chi connectivity index (χ1) is 13.9. The van der Waals surface area contributed by atoms with Gasteiger partial charge in [0.25, 0.3) is 5.91 Å². The Labute approximate surface area is 167 Å². The lowest BCUT2D eigenvalue weighted by Gasteiger charge is -2.42. The van der Waals surface area contributed by atoms with Gasteiger partial charge in [0.2, 0.25) is 0 Å². The molecular weight excluding hydrogens is 381 g/mol. The summed E-state index contributed by atoms with van der Waals surface area (Å²) in [6, 6.07) is 15.9. The fourth-order valence-corrected chi connectivity index (χ4v) is 3.94. The average molecular weight is 404 g/mol. The first-order valence-electron chi connectivity index (χ1n) is 9.84. The number of hydrogen-bond donors (Lipinski definition) is 0. The molecule has 1 aliphatic carbocycles. The molecule has 2 fully saturated rings. The molecule has 29 heavy (non-hydrogen) atoms. The molecule has 1 atom stereocenters. The van der Waals surface area contributed by atoms with Gasteiger partial charge in [-0.3, -0.25) is 9.69 Å². The molecule has 1 heterocycles. The first-order valence-corrected chi connectivity index (χ1v) is 9.84. The van der Waals surface area contributed by atoms with Crippen LogP contribution in [0, 0.1) is 0 Å². The van der Waals surface area contributed by atoms with Crippen molar-refractivity contribution >= 4 is 5.91 Å². The number of rotatable bonds is 5. The number of alkyl halides is 3. The highest BCUT2D eigenvalue weighted by atomic mass is 19.4. The molecule has 2 aromatic carbocycles. The summed E-state index contributed by atoms with van der Waals surface area (Å²) < 4.78 is 41.0. The van der Waals surface area contributed by atoms with Crippen LogP contribution >= 0.6 is 0 Å². The molecule has 0 radical (unpaired) electrons. The number of carbonyl (C=O) groups is 1. The molecule has 2 aromatic rings. The van der Waals surface area contributed by atoms with Crippen molar-refractivity contribution in [1.82, 2.24) is 9.80 Å². The minimum atomic E-state index is -4.74. The quantitative estimate of drug-likeness (QED) is 0.752. The van der Waals surface area contributed by atoms with Gasteiger partial charge in [-0.2, -0.15) is 0 Å². The molecule has 0 spiro atoms. The molecular formula is C22H23F3N2O2. The lowest BCUT2D eigenvalue weighted by Crippen LogP contribution is -2.56. The maximum absolute atomic E-state index is 13.1. The number of halogens is 3. The van der Waals surface area contributed by atoms with Crippen LogP contribution in [0.5, 0.6) is 5.75 Å². The third-order valence-corrected chi connectivity index (χ3v) is 5.49. The summed E-state index contributed by atoms with van der Waals surface area (Å²) in [4.78, 5) is 17.5. The van der Waals surface area contributed by atoms with Gasteiger partial charge in [-0.15, -0.1) is 13.2 Å². The SMILES string of the molecule is O=C(c1ccc(OC(F)(F)F)cc1)N1CCN(C2CC2)CC1Cc1ccccc1. The molecule has 154 valence electrons. The number of piperazine rings is 1. The summed E-state index contributed by atoms with van der Waals surface area (Å²) in [5.74, 6) is -0.478. The van der Waals surface area contributed by atoms with Gasteiger partial charge in [0.1, 0.15) is 5.75 Å². The Bertz CT molecular complexity index is 835. The second kappa shape index (κ2) is 8.06. The third kappa shape index (κ3) is 5.09. The lowest BCUT2D eigenvalue weighted by molar-refractivity contribution is -0.274. The Kier molecular flexibility index (Phi) is 5.50. The van der Waals surface area contributed by atoms with Crippen molar-refractivity contribution < 1.29 is 22.7 Å². The largest absolute Gasteiger partial charge is 0.573 e. The van der Waals surface area contributed by atoms with Gasteiger partial charge in [-0.05, 0) is 49.1 Å². The van der Waals surface area contributed by atoms with Crippen LogP contribution in [0.2, 0.25) is 0 Å². The zero-order valence-electron chi connectivity index (χ0n) is 15.9. The van der Waals surface area contributed by atoms with E-state index in [-0.39, 0.29) is 17.7 Å². The van der Waals surface area contributed by atoms with Gasteiger partial charge in [0, 0.05) is 37.3 Å². The zero-order valence-corrected chi connectivity index (χ0v) is 15.9. The van der Waals surface area contributed by atoms with E-state index >= 15 is 0 Å². The number of carbonyl (C=O) groups excluding carboxylic acids is 1. The maximum atomic E-state index is 13.1. The highest BCUT2D eigenvalue weighted by molar-refractivity contribution is 5.94. The van der Waals surface area contributed by atoms with Crippen LogP contribution in [0.1, 0.15) is 28.8 Å². The number of hydrogen-bond acceptors (Lipinski definition) is 3. The maximum Gasteiger partial charge on any atom is 0.573 e. The molecule has 1 aliphatic heterocycles. The van der Waals surface area contributed by atoms with Gasteiger partial charge in [-0.25, -0.2) is 0 Å². The summed E-state index contributed by atoms with van der Waals surface area (Å²) >= 11 is 0. The van der Waals surface area contributed by atoms with E-state index in [2.05, 4.69) is 21.8 Å². The van der Waals surface area contributed by atoms with E-state index < -0.39 is 6.36 Å². The molecule has 7 heteroatoms. The highest BCUT2D eigenvalue weighted by Gasteiger charge is 2.37. The van der Waals surface area contributed by atoms with Crippen LogP contribution in [0.15, 0.2) is 54.6 Å². The number of benzene rings is 2. The highest BCUT2D eigenvalue weighted by Crippen LogP contribution is 2.30. The number of nitrogens with zero attached hydrogens (tertiary/aromatic N) is 2. The second-order valence-corrected chi connectivity index (χ2v) is 7.64.